The molecule has 0 radical (unpaired) electrons. The summed E-state index contributed by atoms with van der Waals surface area (Å²) in [6.07, 6.45) is 4.48. The van der Waals surface area contributed by atoms with Crippen LogP contribution >= 0.6 is 0 Å². The predicted molar refractivity (Wildman–Crippen MR) is 140 cm³/mol. The van der Waals surface area contributed by atoms with Crippen molar-refractivity contribution in [1.82, 2.24) is 19.7 Å². The number of piperidine rings is 1. The minimum absolute atomic E-state index is 0.0451. The second-order valence-corrected chi connectivity index (χ2v) is 11.8. The van der Waals surface area contributed by atoms with Gasteiger partial charge in [0.1, 0.15) is 0 Å². The van der Waals surface area contributed by atoms with Crippen molar-refractivity contribution >= 4 is 33.7 Å². The Labute approximate surface area is 217 Å². The highest BCUT2D eigenvalue weighted by atomic mass is 32.2. The Morgan fingerprint density at radius 1 is 1.24 bits per heavy atom. The average molecular weight is 528 g/mol. The zero-order valence-electron chi connectivity index (χ0n) is 21.1. The number of nitrogens with zero attached hydrogens (tertiary/aromatic N) is 4. The third kappa shape index (κ3) is 5.84. The molecule has 198 valence electrons. The number of aliphatic carboxylic acids is 1. The standard InChI is InChI=1S/C26H33N5O5S/c1-4-20-5-7-23(8-6-20)37(35,36)30-17-24(32)31(26(3,18-30)16-25(33)34)28-21-10-13-29(14-11-21)22-9-12-27-19(2)15-22/h4-9,12,15,21,28H,1,10-11,13-14,16-18H2,2-3H3,(H,33,34). The number of piperazine rings is 1. The molecule has 1 aromatic heterocycles. The van der Waals surface area contributed by atoms with Crippen molar-refractivity contribution in [1.29, 1.82) is 0 Å². The van der Waals surface area contributed by atoms with E-state index in [0.29, 0.717) is 0 Å². The molecule has 1 unspecified atom stereocenters. The molecule has 3 heterocycles. The van der Waals surface area contributed by atoms with Crippen LogP contribution in [0.1, 0.15) is 37.4 Å². The van der Waals surface area contributed by atoms with Gasteiger partial charge in [-0.3, -0.25) is 19.6 Å². The van der Waals surface area contributed by atoms with Crippen LogP contribution in [0.4, 0.5) is 5.69 Å². The van der Waals surface area contributed by atoms with Gasteiger partial charge in [0.25, 0.3) is 5.91 Å². The van der Waals surface area contributed by atoms with Gasteiger partial charge in [0.15, 0.2) is 0 Å². The first-order chi connectivity index (χ1) is 17.5. The van der Waals surface area contributed by atoms with E-state index in [4.69, 9.17) is 0 Å². The molecule has 37 heavy (non-hydrogen) atoms. The van der Waals surface area contributed by atoms with E-state index in [-0.39, 0.29) is 24.0 Å². The van der Waals surface area contributed by atoms with Crippen molar-refractivity contribution in [3.8, 4) is 0 Å². The number of hydrogen-bond acceptors (Lipinski definition) is 7. The maximum atomic E-state index is 13.3. The molecule has 2 aliphatic heterocycles. The van der Waals surface area contributed by atoms with Gasteiger partial charge in [-0.25, -0.2) is 13.8 Å². The molecule has 1 aromatic carbocycles. The highest BCUT2D eigenvalue weighted by molar-refractivity contribution is 7.89. The Hall–Kier alpha value is -3.28. The van der Waals surface area contributed by atoms with Crippen molar-refractivity contribution in [3.63, 3.8) is 0 Å². The number of hydrazine groups is 1. The predicted octanol–water partition coefficient (Wildman–Crippen LogP) is 2.27. The molecule has 0 bridgehead atoms. The van der Waals surface area contributed by atoms with E-state index >= 15 is 0 Å². The van der Waals surface area contributed by atoms with Gasteiger partial charge in [0.2, 0.25) is 10.0 Å². The quantitative estimate of drug-likeness (QED) is 0.536. The average Bonchev–Trinajstić information content (AvgIpc) is 2.86. The van der Waals surface area contributed by atoms with Gasteiger partial charge in [0.05, 0.1) is 23.4 Å². The van der Waals surface area contributed by atoms with E-state index in [1.165, 1.54) is 17.1 Å². The zero-order chi connectivity index (χ0) is 26.8. The lowest BCUT2D eigenvalue weighted by Gasteiger charge is -2.49. The number of carbonyl (C=O) groups is 2. The van der Waals surface area contributed by atoms with Crippen LogP contribution in [0.2, 0.25) is 0 Å². The van der Waals surface area contributed by atoms with Gasteiger partial charge in [0, 0.05) is 43.3 Å². The highest BCUT2D eigenvalue weighted by Gasteiger charge is 2.48. The number of sulfonamides is 1. The largest absolute Gasteiger partial charge is 0.481 e. The summed E-state index contributed by atoms with van der Waals surface area (Å²) in [5.41, 5.74) is 4.80. The summed E-state index contributed by atoms with van der Waals surface area (Å²) in [6, 6.07) is 10.2. The summed E-state index contributed by atoms with van der Waals surface area (Å²) in [4.78, 5) is 31.6. The minimum Gasteiger partial charge on any atom is -0.481 e. The fraction of sp³-hybridized carbons (Fsp3) is 0.423. The second kappa shape index (κ2) is 10.6. The number of amides is 1. The molecule has 0 aliphatic carbocycles. The van der Waals surface area contributed by atoms with Crippen LogP contribution in [0.25, 0.3) is 6.08 Å². The van der Waals surface area contributed by atoms with Crippen LogP contribution in [0.15, 0.2) is 54.1 Å². The molecule has 1 atom stereocenters. The normalized spacial score (nSPS) is 21.7. The van der Waals surface area contributed by atoms with Crippen LogP contribution in [-0.2, 0) is 19.6 Å². The van der Waals surface area contributed by atoms with Crippen molar-refractivity contribution < 1.29 is 23.1 Å². The summed E-state index contributed by atoms with van der Waals surface area (Å²) < 4.78 is 27.8. The monoisotopic (exact) mass is 527 g/mol. The first-order valence-corrected chi connectivity index (χ1v) is 13.7. The Morgan fingerprint density at radius 3 is 2.51 bits per heavy atom. The number of hydrogen-bond donors (Lipinski definition) is 2. The molecular weight excluding hydrogens is 494 g/mol. The fourth-order valence-corrected chi connectivity index (χ4v) is 6.50. The van der Waals surface area contributed by atoms with Crippen LogP contribution in [-0.4, -0.2) is 77.5 Å². The van der Waals surface area contributed by atoms with Gasteiger partial charge in [-0.05, 0) is 56.5 Å². The molecule has 1 amide bonds. The van der Waals surface area contributed by atoms with Gasteiger partial charge < -0.3 is 10.0 Å². The Kier molecular flexibility index (Phi) is 7.67. The van der Waals surface area contributed by atoms with E-state index < -0.39 is 33.9 Å². The number of carboxylic acids is 1. The topological polar surface area (TPSA) is 123 Å². The molecule has 2 fully saturated rings. The molecule has 2 aliphatic rings. The maximum Gasteiger partial charge on any atom is 0.305 e. The van der Waals surface area contributed by atoms with Crippen molar-refractivity contribution in [2.24, 2.45) is 0 Å². The lowest BCUT2D eigenvalue weighted by Crippen LogP contribution is -2.70. The third-order valence-corrected chi connectivity index (χ3v) is 8.76. The highest BCUT2D eigenvalue weighted by Crippen LogP contribution is 2.30. The molecule has 4 rings (SSSR count). The van der Waals surface area contributed by atoms with Crippen LogP contribution in [0.3, 0.4) is 0 Å². The van der Waals surface area contributed by atoms with E-state index in [9.17, 15) is 23.1 Å². The van der Waals surface area contributed by atoms with Gasteiger partial charge in [-0.15, -0.1) is 0 Å². The summed E-state index contributed by atoms with van der Waals surface area (Å²) in [7, 11) is -4.01. The number of anilines is 1. The SMILES string of the molecule is C=Cc1ccc(S(=O)(=O)N2CC(=O)N(NC3CCN(c4ccnc(C)c4)CC3)C(C)(CC(=O)O)C2)cc1. The number of carboxylic acid groups (broad SMARTS) is 1. The molecule has 0 saturated carbocycles. The Balaban J connectivity index is 1.49. The number of benzene rings is 1. The number of rotatable bonds is 8. The molecule has 10 nitrogen and oxygen atoms in total. The molecule has 2 saturated heterocycles. The summed E-state index contributed by atoms with van der Waals surface area (Å²) >= 11 is 0. The van der Waals surface area contributed by atoms with E-state index in [0.717, 1.165) is 47.2 Å². The molecular formula is C26H33N5O5S. The number of aryl methyl sites for hydroxylation is 1. The fourth-order valence-electron chi connectivity index (χ4n) is 4.99. The molecule has 0 spiro atoms. The number of aromatic nitrogens is 1. The zero-order valence-corrected chi connectivity index (χ0v) is 21.9. The smallest absolute Gasteiger partial charge is 0.305 e. The maximum absolute atomic E-state index is 13.3. The van der Waals surface area contributed by atoms with Gasteiger partial charge in [-0.2, -0.15) is 4.31 Å². The van der Waals surface area contributed by atoms with Crippen LogP contribution < -0.4 is 10.3 Å². The summed E-state index contributed by atoms with van der Waals surface area (Å²) in [5.74, 6) is -1.59. The van der Waals surface area contributed by atoms with E-state index in [1.54, 1.807) is 31.3 Å². The molecule has 11 heteroatoms. The summed E-state index contributed by atoms with van der Waals surface area (Å²) in [6.45, 7) is 8.25. The molecule has 2 aromatic rings. The first-order valence-electron chi connectivity index (χ1n) is 12.2. The Morgan fingerprint density at radius 2 is 1.92 bits per heavy atom. The van der Waals surface area contributed by atoms with Crippen molar-refractivity contribution in [2.75, 3.05) is 31.1 Å². The lowest BCUT2D eigenvalue weighted by molar-refractivity contribution is -0.155. The van der Waals surface area contributed by atoms with Gasteiger partial charge in [-0.1, -0.05) is 24.8 Å². The number of pyridine rings is 1. The number of nitrogens with one attached hydrogen (secondary N) is 1. The van der Waals surface area contributed by atoms with Crippen LogP contribution in [0, 0.1) is 6.92 Å². The van der Waals surface area contributed by atoms with Gasteiger partial charge >= 0.3 is 5.97 Å². The second-order valence-electron chi connectivity index (χ2n) is 9.89. The lowest BCUT2D eigenvalue weighted by atomic mass is 9.94. The first kappa shape index (κ1) is 26.8. The van der Waals surface area contributed by atoms with Crippen molar-refractivity contribution in [3.05, 3.63) is 60.4 Å². The minimum atomic E-state index is -4.01. The van der Waals surface area contributed by atoms with Crippen molar-refractivity contribution in [2.45, 2.75) is 49.6 Å². The summed E-state index contributed by atoms with van der Waals surface area (Å²) in [5, 5.41) is 11.0. The molecule has 2 N–H and O–H groups in total. The number of carbonyl (C=O) groups excluding carboxylic acids is 1. The third-order valence-electron chi connectivity index (χ3n) is 6.96. The van der Waals surface area contributed by atoms with E-state index in [2.05, 4.69) is 21.9 Å². The Bertz CT molecular complexity index is 1270. The van der Waals surface area contributed by atoms with Crippen LogP contribution in [0.5, 0.6) is 0 Å². The van der Waals surface area contributed by atoms with E-state index in [1.807, 2.05) is 19.1 Å².